The molecule has 0 saturated carbocycles. The van der Waals surface area contributed by atoms with Crippen LogP contribution in [0.4, 0.5) is 0 Å². The second kappa shape index (κ2) is 2.78. The molecule has 2 atom stereocenters. The maximum atomic E-state index is 10.7. The van der Waals surface area contributed by atoms with Crippen molar-refractivity contribution in [2.75, 3.05) is 0 Å². The molecule has 58 valence electrons. The summed E-state index contributed by atoms with van der Waals surface area (Å²) in [6.07, 6.45) is 9.17. The summed E-state index contributed by atoms with van der Waals surface area (Å²) in [5.41, 5.74) is 0. The van der Waals surface area contributed by atoms with Crippen molar-refractivity contribution in [1.29, 1.82) is 0 Å². The highest BCUT2D eigenvalue weighted by atomic mass is 33.2. The van der Waals surface area contributed by atoms with Crippen molar-refractivity contribution in [2.24, 2.45) is 0 Å². The van der Waals surface area contributed by atoms with E-state index in [-0.39, 0.29) is 0 Å². The van der Waals surface area contributed by atoms with Crippen LogP contribution in [0.5, 0.6) is 0 Å². The molecule has 0 spiro atoms. The zero-order chi connectivity index (χ0) is 8.48. The van der Waals surface area contributed by atoms with E-state index < -0.39 is 20.5 Å². The van der Waals surface area contributed by atoms with Gasteiger partial charge in [0.15, 0.2) is 6.10 Å². The molecule has 2 unspecified atom stereocenters. The van der Waals surface area contributed by atoms with Gasteiger partial charge in [0.05, 0.1) is 0 Å². The second-order valence-electron chi connectivity index (χ2n) is 1.78. The van der Waals surface area contributed by atoms with E-state index >= 15 is 0 Å². The van der Waals surface area contributed by atoms with Gasteiger partial charge in [-0.15, -0.1) is 12.8 Å². The molecule has 0 amide bonds. The highest BCUT2D eigenvalue weighted by Gasteiger charge is 2.37. The molecule has 0 bridgehead atoms. The molecular formula is C6H4O3S2. The van der Waals surface area contributed by atoms with Gasteiger partial charge in [-0.3, -0.25) is 0 Å². The van der Waals surface area contributed by atoms with Crippen LogP contribution in [-0.4, -0.2) is 19.8 Å². The summed E-state index contributed by atoms with van der Waals surface area (Å²) in [6, 6.07) is 0. The fraction of sp³-hybridized carbons (Fsp3) is 0.333. The predicted molar refractivity (Wildman–Crippen MR) is 42.8 cm³/mol. The Morgan fingerprint density at radius 1 is 1.36 bits per heavy atom. The molecular weight excluding hydrogens is 184 g/mol. The van der Waals surface area contributed by atoms with Crippen LogP contribution in [0.2, 0.25) is 0 Å². The van der Waals surface area contributed by atoms with Gasteiger partial charge in [0.2, 0.25) is 0 Å². The number of rotatable bonds is 0. The number of terminal acetylenes is 2. The Labute approximate surface area is 69.0 Å². The fourth-order valence-electron chi connectivity index (χ4n) is 0.608. The molecule has 1 fully saturated rings. The van der Waals surface area contributed by atoms with Gasteiger partial charge in [0.25, 0.3) is 0 Å². The van der Waals surface area contributed by atoms with E-state index in [1.165, 1.54) is 0 Å². The third-order valence-electron chi connectivity index (χ3n) is 1.05. The van der Waals surface area contributed by atoms with Crippen LogP contribution in [-0.2, 0) is 13.3 Å². The number of hydrogen-bond acceptors (Lipinski definition) is 4. The standard InChI is InChI=1S/C6H4O3S2/c1-3-5-6(4-2)10-11(7,8)9-5/h1-2,5-6H. The van der Waals surface area contributed by atoms with Crippen LogP contribution in [0.1, 0.15) is 0 Å². The van der Waals surface area contributed by atoms with Crippen molar-refractivity contribution < 1.29 is 12.6 Å². The molecule has 1 aliphatic heterocycles. The van der Waals surface area contributed by atoms with Crippen molar-refractivity contribution in [1.82, 2.24) is 0 Å². The lowest BCUT2D eigenvalue weighted by Crippen LogP contribution is -2.15. The smallest absolute Gasteiger partial charge is 0.243 e. The molecule has 0 aromatic carbocycles. The van der Waals surface area contributed by atoms with E-state index in [4.69, 9.17) is 12.8 Å². The van der Waals surface area contributed by atoms with Gasteiger partial charge in [0.1, 0.15) is 5.25 Å². The van der Waals surface area contributed by atoms with Gasteiger partial charge < -0.3 is 0 Å². The van der Waals surface area contributed by atoms with Gasteiger partial charge in [-0.2, -0.15) is 8.42 Å². The first kappa shape index (κ1) is 8.48. The molecule has 0 radical (unpaired) electrons. The molecule has 1 saturated heterocycles. The summed E-state index contributed by atoms with van der Waals surface area (Å²) in [7, 11) is -2.97. The van der Waals surface area contributed by atoms with E-state index in [9.17, 15) is 8.42 Å². The van der Waals surface area contributed by atoms with Crippen molar-refractivity contribution in [3.05, 3.63) is 0 Å². The van der Waals surface area contributed by atoms with Gasteiger partial charge in [-0.1, -0.05) is 11.8 Å². The highest BCUT2D eigenvalue weighted by Crippen LogP contribution is 2.33. The van der Waals surface area contributed by atoms with Crippen LogP contribution in [0, 0.1) is 24.7 Å². The largest absolute Gasteiger partial charge is 0.324 e. The third kappa shape index (κ3) is 1.69. The Kier molecular flexibility index (Phi) is 2.15. The Bertz CT molecular complexity index is 302. The lowest BCUT2D eigenvalue weighted by molar-refractivity contribution is 0.294. The molecule has 1 rings (SSSR count). The maximum Gasteiger partial charge on any atom is 0.324 e. The van der Waals surface area contributed by atoms with Crippen molar-refractivity contribution >= 4 is 19.9 Å². The van der Waals surface area contributed by atoms with Crippen molar-refractivity contribution in [3.63, 3.8) is 0 Å². The number of hydrogen-bond donors (Lipinski definition) is 0. The van der Waals surface area contributed by atoms with Crippen LogP contribution >= 0.6 is 10.8 Å². The van der Waals surface area contributed by atoms with E-state index in [2.05, 4.69) is 16.0 Å². The molecule has 3 nitrogen and oxygen atoms in total. The Balaban J connectivity index is 2.91. The zero-order valence-electron chi connectivity index (χ0n) is 5.35. The van der Waals surface area contributed by atoms with Gasteiger partial charge in [-0.25, -0.2) is 4.18 Å². The van der Waals surface area contributed by atoms with E-state index in [1.807, 2.05) is 0 Å². The molecule has 1 aliphatic rings. The summed E-state index contributed by atoms with van der Waals surface area (Å²) in [5, 5.41) is -0.579. The van der Waals surface area contributed by atoms with E-state index in [0.29, 0.717) is 10.8 Å². The first-order chi connectivity index (χ1) is 5.09. The quantitative estimate of drug-likeness (QED) is 0.396. The molecule has 0 aromatic heterocycles. The summed E-state index contributed by atoms with van der Waals surface area (Å²) < 4.78 is 25.9. The minimum atomic E-state index is -3.54. The zero-order valence-corrected chi connectivity index (χ0v) is 6.98. The summed E-state index contributed by atoms with van der Waals surface area (Å²) in [4.78, 5) is 0. The SMILES string of the molecule is C#CC1OS(=O)(=O)SC1C#C. The lowest BCUT2D eigenvalue weighted by atomic mass is 10.3. The average molecular weight is 188 g/mol. The van der Waals surface area contributed by atoms with Crippen LogP contribution in [0.25, 0.3) is 0 Å². The van der Waals surface area contributed by atoms with Gasteiger partial charge >= 0.3 is 9.15 Å². The molecule has 5 heteroatoms. The van der Waals surface area contributed by atoms with Crippen LogP contribution in [0.15, 0.2) is 0 Å². The summed E-state index contributed by atoms with van der Waals surface area (Å²) >= 11 is 0. The second-order valence-corrected chi connectivity index (χ2v) is 5.29. The van der Waals surface area contributed by atoms with E-state index in [0.717, 1.165) is 0 Å². The highest BCUT2D eigenvalue weighted by molar-refractivity contribution is 8.71. The Morgan fingerprint density at radius 2 is 2.00 bits per heavy atom. The topological polar surface area (TPSA) is 43.4 Å². The Hall–Kier alpha value is -0.620. The summed E-state index contributed by atoms with van der Waals surface area (Å²) in [6.45, 7) is 0. The van der Waals surface area contributed by atoms with Crippen molar-refractivity contribution in [3.8, 4) is 24.7 Å². The van der Waals surface area contributed by atoms with Gasteiger partial charge in [-0.05, 0) is 0 Å². The lowest BCUT2D eigenvalue weighted by Gasteiger charge is -1.98. The predicted octanol–water partition coefficient (Wildman–Crippen LogP) is -0.00180. The normalized spacial score (nSPS) is 34.0. The Morgan fingerprint density at radius 3 is 2.36 bits per heavy atom. The molecule has 11 heavy (non-hydrogen) atoms. The van der Waals surface area contributed by atoms with E-state index in [1.54, 1.807) is 0 Å². The molecule has 1 heterocycles. The summed E-state index contributed by atoms with van der Waals surface area (Å²) in [5.74, 6) is 4.39. The molecule has 0 N–H and O–H groups in total. The van der Waals surface area contributed by atoms with Crippen LogP contribution in [0.3, 0.4) is 0 Å². The monoisotopic (exact) mass is 188 g/mol. The fourth-order valence-corrected chi connectivity index (χ4v) is 3.31. The van der Waals surface area contributed by atoms with Crippen LogP contribution < -0.4 is 0 Å². The molecule has 0 aromatic rings. The third-order valence-corrected chi connectivity index (χ3v) is 3.88. The average Bonchev–Trinajstić information content (AvgIpc) is 2.25. The van der Waals surface area contributed by atoms with Crippen molar-refractivity contribution in [2.45, 2.75) is 11.4 Å². The maximum absolute atomic E-state index is 10.7. The first-order valence-electron chi connectivity index (χ1n) is 2.63. The minimum Gasteiger partial charge on any atom is -0.243 e. The van der Waals surface area contributed by atoms with Gasteiger partial charge in [0, 0.05) is 10.8 Å². The minimum absolute atomic E-state index is 0.572. The molecule has 0 aliphatic carbocycles. The first-order valence-corrected chi connectivity index (χ1v) is 5.43.